The molecular formula is C22H17F2N5O. The van der Waals surface area contributed by atoms with Crippen LogP contribution in [-0.4, -0.2) is 37.1 Å². The van der Waals surface area contributed by atoms with Crippen LogP contribution in [0.15, 0.2) is 48.8 Å². The largest absolute Gasteiger partial charge is 0.332 e. The summed E-state index contributed by atoms with van der Waals surface area (Å²) in [6, 6.07) is 8.71. The lowest BCUT2D eigenvalue weighted by Crippen LogP contribution is -2.36. The van der Waals surface area contributed by atoms with Crippen LogP contribution < -0.4 is 0 Å². The summed E-state index contributed by atoms with van der Waals surface area (Å²) in [5, 5.41) is 4.52. The molecular weight excluding hydrogens is 388 g/mol. The fourth-order valence-electron chi connectivity index (χ4n) is 4.02. The lowest BCUT2D eigenvalue weighted by Gasteiger charge is -2.26. The first-order valence-electron chi connectivity index (χ1n) is 9.51. The predicted octanol–water partition coefficient (Wildman–Crippen LogP) is 3.51. The highest BCUT2D eigenvalue weighted by Gasteiger charge is 2.28. The van der Waals surface area contributed by atoms with E-state index in [1.807, 2.05) is 0 Å². The number of fused-ring (bicyclic) bond motifs is 2. The first-order chi connectivity index (χ1) is 14.5. The summed E-state index contributed by atoms with van der Waals surface area (Å²) in [7, 11) is 1.74. The van der Waals surface area contributed by atoms with Crippen LogP contribution in [0.2, 0.25) is 0 Å². The Labute approximate surface area is 170 Å². The van der Waals surface area contributed by atoms with Crippen LogP contribution >= 0.6 is 0 Å². The van der Waals surface area contributed by atoms with E-state index in [1.165, 1.54) is 12.1 Å². The molecule has 0 fully saturated rings. The normalized spacial score (nSPS) is 13.5. The monoisotopic (exact) mass is 405 g/mol. The Hall–Kier alpha value is -3.68. The van der Waals surface area contributed by atoms with Gasteiger partial charge in [-0.3, -0.25) is 19.4 Å². The van der Waals surface area contributed by atoms with Gasteiger partial charge in [-0.15, -0.1) is 0 Å². The molecule has 1 aliphatic rings. The van der Waals surface area contributed by atoms with E-state index in [1.54, 1.807) is 47.2 Å². The molecule has 0 saturated heterocycles. The van der Waals surface area contributed by atoms with E-state index >= 15 is 0 Å². The minimum atomic E-state index is -0.632. The van der Waals surface area contributed by atoms with Crippen LogP contribution in [0.5, 0.6) is 0 Å². The van der Waals surface area contributed by atoms with Gasteiger partial charge in [-0.2, -0.15) is 5.10 Å². The molecule has 2 aromatic carbocycles. The third-order valence-corrected chi connectivity index (χ3v) is 5.34. The van der Waals surface area contributed by atoms with Crippen molar-refractivity contribution >= 4 is 16.9 Å². The summed E-state index contributed by atoms with van der Waals surface area (Å²) < 4.78 is 29.1. The molecule has 0 radical (unpaired) electrons. The Balaban J connectivity index is 1.46. The van der Waals surface area contributed by atoms with E-state index in [2.05, 4.69) is 15.1 Å². The maximum atomic E-state index is 13.7. The Morgan fingerprint density at radius 1 is 1.00 bits per heavy atom. The molecule has 0 bridgehead atoms. The topological polar surface area (TPSA) is 63.9 Å². The number of aryl methyl sites for hydroxylation is 1. The maximum Gasteiger partial charge on any atom is 0.254 e. The molecule has 0 saturated carbocycles. The minimum Gasteiger partial charge on any atom is -0.332 e. The van der Waals surface area contributed by atoms with E-state index in [0.29, 0.717) is 41.8 Å². The SMILES string of the molecule is Cn1nc2c(c1-c1cc(F)cc(F)c1)CCN(C(=O)c1ccc3nccnc3c1)C2. The van der Waals surface area contributed by atoms with Gasteiger partial charge in [-0.1, -0.05) is 0 Å². The molecule has 8 heteroatoms. The van der Waals surface area contributed by atoms with Gasteiger partial charge in [0.1, 0.15) is 11.6 Å². The molecule has 1 aliphatic heterocycles. The van der Waals surface area contributed by atoms with Crippen molar-refractivity contribution in [1.29, 1.82) is 0 Å². The van der Waals surface area contributed by atoms with E-state index < -0.39 is 11.6 Å². The molecule has 4 aromatic rings. The molecule has 1 amide bonds. The van der Waals surface area contributed by atoms with Gasteiger partial charge in [-0.25, -0.2) is 8.78 Å². The van der Waals surface area contributed by atoms with Gasteiger partial charge in [0.2, 0.25) is 0 Å². The second kappa shape index (κ2) is 6.98. The second-order valence-electron chi connectivity index (χ2n) is 7.29. The summed E-state index contributed by atoms with van der Waals surface area (Å²) in [6.45, 7) is 0.819. The lowest BCUT2D eigenvalue weighted by molar-refractivity contribution is 0.0732. The van der Waals surface area contributed by atoms with Crippen molar-refractivity contribution in [2.45, 2.75) is 13.0 Å². The van der Waals surface area contributed by atoms with Crippen molar-refractivity contribution in [3.8, 4) is 11.3 Å². The first-order valence-corrected chi connectivity index (χ1v) is 9.51. The zero-order valence-corrected chi connectivity index (χ0v) is 16.1. The number of carbonyl (C=O) groups excluding carboxylic acids is 1. The number of rotatable bonds is 2. The molecule has 0 aliphatic carbocycles. The standard InChI is InChI=1S/C22H17F2N5O/c1-28-21(14-8-15(23)11-16(24)9-14)17-4-7-29(12-20(17)27-28)22(30)13-2-3-18-19(10-13)26-6-5-25-18/h2-3,5-6,8-11H,4,7,12H2,1H3. The Bertz CT molecular complexity index is 1280. The Morgan fingerprint density at radius 2 is 1.73 bits per heavy atom. The Kier molecular flexibility index (Phi) is 4.27. The van der Waals surface area contributed by atoms with Crippen molar-refractivity contribution in [1.82, 2.24) is 24.6 Å². The van der Waals surface area contributed by atoms with Gasteiger partial charge >= 0.3 is 0 Å². The van der Waals surface area contributed by atoms with Crippen LogP contribution in [-0.2, 0) is 20.0 Å². The highest BCUT2D eigenvalue weighted by Crippen LogP contribution is 2.31. The summed E-state index contributed by atoms with van der Waals surface area (Å²) >= 11 is 0. The fourth-order valence-corrected chi connectivity index (χ4v) is 4.02. The van der Waals surface area contributed by atoms with Crippen LogP contribution in [0.4, 0.5) is 8.78 Å². The third-order valence-electron chi connectivity index (χ3n) is 5.34. The second-order valence-corrected chi connectivity index (χ2v) is 7.29. The number of amides is 1. The lowest BCUT2D eigenvalue weighted by atomic mass is 9.99. The molecule has 0 N–H and O–H groups in total. The Morgan fingerprint density at radius 3 is 2.50 bits per heavy atom. The highest BCUT2D eigenvalue weighted by atomic mass is 19.1. The minimum absolute atomic E-state index is 0.114. The van der Waals surface area contributed by atoms with Crippen LogP contribution in [0, 0.1) is 11.6 Å². The average Bonchev–Trinajstić information content (AvgIpc) is 3.07. The van der Waals surface area contributed by atoms with Crippen molar-refractivity contribution in [2.24, 2.45) is 7.05 Å². The van der Waals surface area contributed by atoms with Crippen molar-refractivity contribution in [2.75, 3.05) is 6.54 Å². The van der Waals surface area contributed by atoms with Crippen molar-refractivity contribution in [3.05, 3.63) is 77.2 Å². The number of carbonyl (C=O) groups is 1. The number of hydrogen-bond donors (Lipinski definition) is 0. The molecule has 3 heterocycles. The number of nitrogens with zero attached hydrogens (tertiary/aromatic N) is 5. The third kappa shape index (κ3) is 3.10. The molecule has 150 valence electrons. The van der Waals surface area contributed by atoms with E-state index in [-0.39, 0.29) is 5.91 Å². The molecule has 2 aromatic heterocycles. The van der Waals surface area contributed by atoms with Crippen LogP contribution in [0.3, 0.4) is 0 Å². The van der Waals surface area contributed by atoms with Gasteiger partial charge in [0, 0.05) is 48.7 Å². The summed E-state index contributed by atoms with van der Waals surface area (Å²) in [5.74, 6) is -1.38. The first kappa shape index (κ1) is 18.4. The molecule has 6 nitrogen and oxygen atoms in total. The summed E-state index contributed by atoms with van der Waals surface area (Å²) in [4.78, 5) is 23.3. The number of benzene rings is 2. The molecule has 5 rings (SSSR count). The van der Waals surface area contributed by atoms with Crippen LogP contribution in [0.25, 0.3) is 22.3 Å². The highest BCUT2D eigenvalue weighted by molar-refractivity contribution is 5.97. The average molecular weight is 405 g/mol. The smallest absolute Gasteiger partial charge is 0.254 e. The number of aromatic nitrogens is 4. The summed E-state index contributed by atoms with van der Waals surface area (Å²) in [6.07, 6.45) is 3.75. The van der Waals surface area contributed by atoms with Crippen molar-refractivity contribution in [3.63, 3.8) is 0 Å². The number of halogens is 2. The summed E-state index contributed by atoms with van der Waals surface area (Å²) in [5.41, 5.74) is 4.69. The molecule has 30 heavy (non-hydrogen) atoms. The predicted molar refractivity (Wildman–Crippen MR) is 107 cm³/mol. The zero-order valence-electron chi connectivity index (χ0n) is 16.1. The fraction of sp³-hybridized carbons (Fsp3) is 0.182. The van der Waals surface area contributed by atoms with Gasteiger partial charge < -0.3 is 4.90 Å². The van der Waals surface area contributed by atoms with Gasteiger partial charge in [0.25, 0.3) is 5.91 Å². The van der Waals surface area contributed by atoms with Crippen LogP contribution in [0.1, 0.15) is 21.6 Å². The quantitative estimate of drug-likeness (QED) is 0.512. The van der Waals surface area contributed by atoms with Gasteiger partial charge in [-0.05, 0) is 36.8 Å². The van der Waals surface area contributed by atoms with Gasteiger partial charge in [0.15, 0.2) is 0 Å². The van der Waals surface area contributed by atoms with Gasteiger partial charge in [0.05, 0.1) is 29.0 Å². The molecule has 0 unspecified atom stereocenters. The van der Waals surface area contributed by atoms with E-state index in [4.69, 9.17) is 0 Å². The van der Waals surface area contributed by atoms with Crippen molar-refractivity contribution < 1.29 is 13.6 Å². The maximum absolute atomic E-state index is 13.7. The molecule has 0 atom stereocenters. The molecule has 0 spiro atoms. The van der Waals surface area contributed by atoms with E-state index in [9.17, 15) is 13.6 Å². The number of hydrogen-bond acceptors (Lipinski definition) is 4. The van der Waals surface area contributed by atoms with E-state index in [0.717, 1.165) is 22.8 Å². The zero-order chi connectivity index (χ0) is 20.8.